The van der Waals surface area contributed by atoms with Crippen LogP contribution in [0, 0.1) is 6.92 Å². The average molecular weight is 335 g/mol. The lowest BCUT2D eigenvalue weighted by atomic mass is 10.2. The van der Waals surface area contributed by atoms with Gasteiger partial charge in [-0.1, -0.05) is 17.7 Å². The van der Waals surface area contributed by atoms with E-state index >= 15 is 0 Å². The quantitative estimate of drug-likeness (QED) is 0.567. The van der Waals surface area contributed by atoms with Crippen LogP contribution in [0.25, 0.3) is 0 Å². The molecule has 1 aromatic rings. The summed E-state index contributed by atoms with van der Waals surface area (Å²) in [6.07, 6.45) is 2.75. The molecule has 0 saturated carbocycles. The van der Waals surface area contributed by atoms with E-state index in [4.69, 9.17) is 5.73 Å². The third-order valence-electron chi connectivity index (χ3n) is 2.66. The normalized spacial score (nSPS) is 11.6. The maximum atomic E-state index is 11.7. The molecule has 1 atom stereocenters. The van der Waals surface area contributed by atoms with E-state index in [1.165, 1.54) is 10.5 Å². The van der Waals surface area contributed by atoms with Gasteiger partial charge in [0.25, 0.3) is 0 Å². The summed E-state index contributed by atoms with van der Waals surface area (Å²) >= 11 is 3.45. The minimum atomic E-state index is -0.378. The Morgan fingerprint density at radius 3 is 2.55 bits per heavy atom. The summed E-state index contributed by atoms with van der Waals surface area (Å²) in [6, 6.07) is 8.02. The third kappa shape index (κ3) is 8.04. The first-order valence-corrected chi connectivity index (χ1v) is 8.73. The number of thioether (sulfide) groups is 2. The van der Waals surface area contributed by atoms with Gasteiger partial charge in [-0.25, -0.2) is 0 Å². The summed E-state index contributed by atoms with van der Waals surface area (Å²) in [5, 5.41) is 2.88. The Labute approximate surface area is 136 Å². The van der Waals surface area contributed by atoms with E-state index < -0.39 is 0 Å². The zero-order chi connectivity index (χ0) is 14.1. The zero-order valence-corrected chi connectivity index (χ0v) is 14.4. The zero-order valence-electron chi connectivity index (χ0n) is 11.9. The fourth-order valence-electron chi connectivity index (χ4n) is 1.48. The molecule has 0 spiro atoms. The van der Waals surface area contributed by atoms with Crippen molar-refractivity contribution in [2.24, 2.45) is 5.73 Å². The Hall–Kier alpha value is -0.360. The molecule has 0 aliphatic rings. The lowest BCUT2D eigenvalue weighted by molar-refractivity contribution is -0.122. The van der Waals surface area contributed by atoms with E-state index in [1.807, 2.05) is 6.26 Å². The first-order chi connectivity index (χ1) is 9.13. The van der Waals surface area contributed by atoms with E-state index in [9.17, 15) is 4.79 Å². The number of nitrogens with one attached hydrogen (secondary N) is 1. The van der Waals surface area contributed by atoms with Crippen LogP contribution in [-0.2, 0) is 4.79 Å². The molecule has 1 unspecified atom stereocenters. The number of rotatable bonds is 8. The van der Waals surface area contributed by atoms with E-state index in [-0.39, 0.29) is 24.4 Å². The number of benzene rings is 1. The predicted octanol–water partition coefficient (Wildman–Crippen LogP) is 2.71. The maximum Gasteiger partial charge on any atom is 0.236 e. The summed E-state index contributed by atoms with van der Waals surface area (Å²) in [7, 11) is 0. The van der Waals surface area contributed by atoms with Crippen molar-refractivity contribution in [3.05, 3.63) is 29.8 Å². The van der Waals surface area contributed by atoms with Crippen molar-refractivity contribution in [1.82, 2.24) is 5.32 Å². The molecular formula is C14H23ClN2OS2. The molecule has 114 valence electrons. The summed E-state index contributed by atoms with van der Waals surface area (Å²) in [5.74, 6) is 1.75. The Morgan fingerprint density at radius 2 is 1.95 bits per heavy atom. The second kappa shape index (κ2) is 11.3. The van der Waals surface area contributed by atoms with E-state index in [0.717, 1.165) is 17.9 Å². The molecule has 0 heterocycles. The Bertz CT molecular complexity index is 387. The van der Waals surface area contributed by atoms with Crippen LogP contribution < -0.4 is 11.1 Å². The molecule has 0 aliphatic carbocycles. The second-order valence-electron chi connectivity index (χ2n) is 4.34. The van der Waals surface area contributed by atoms with Gasteiger partial charge in [0.1, 0.15) is 0 Å². The number of nitrogens with two attached hydrogens (primary N) is 1. The minimum absolute atomic E-state index is 0. The van der Waals surface area contributed by atoms with Gasteiger partial charge in [-0.2, -0.15) is 11.8 Å². The third-order valence-corrected chi connectivity index (χ3v) is 4.32. The van der Waals surface area contributed by atoms with Gasteiger partial charge >= 0.3 is 0 Å². The fraction of sp³-hybridized carbons (Fsp3) is 0.500. The summed E-state index contributed by atoms with van der Waals surface area (Å²) in [4.78, 5) is 12.9. The molecule has 0 fully saturated rings. The molecular weight excluding hydrogens is 312 g/mol. The van der Waals surface area contributed by atoms with E-state index in [1.54, 1.807) is 23.5 Å². The summed E-state index contributed by atoms with van der Waals surface area (Å²) < 4.78 is 0. The highest BCUT2D eigenvalue weighted by Crippen LogP contribution is 2.17. The molecule has 1 rings (SSSR count). The molecule has 3 nitrogen and oxygen atoms in total. The van der Waals surface area contributed by atoms with Crippen LogP contribution in [0.15, 0.2) is 29.2 Å². The monoisotopic (exact) mass is 334 g/mol. The highest BCUT2D eigenvalue weighted by molar-refractivity contribution is 7.99. The summed E-state index contributed by atoms with van der Waals surface area (Å²) in [5.41, 5.74) is 7.04. The molecule has 1 amide bonds. The average Bonchev–Trinajstić information content (AvgIpc) is 2.42. The van der Waals surface area contributed by atoms with Crippen LogP contribution in [0.5, 0.6) is 0 Å². The molecule has 0 bridgehead atoms. The van der Waals surface area contributed by atoms with Gasteiger partial charge in [0, 0.05) is 17.2 Å². The van der Waals surface area contributed by atoms with E-state index in [0.29, 0.717) is 6.54 Å². The van der Waals surface area contributed by atoms with Crippen molar-refractivity contribution in [2.45, 2.75) is 24.3 Å². The van der Waals surface area contributed by atoms with E-state index in [2.05, 4.69) is 36.5 Å². The lowest BCUT2D eigenvalue weighted by Crippen LogP contribution is -2.41. The molecule has 0 aromatic heterocycles. The van der Waals surface area contributed by atoms with Crippen molar-refractivity contribution < 1.29 is 4.79 Å². The highest BCUT2D eigenvalue weighted by Gasteiger charge is 2.11. The molecule has 3 N–H and O–H groups in total. The van der Waals surface area contributed by atoms with Crippen molar-refractivity contribution in [2.75, 3.05) is 24.3 Å². The maximum absolute atomic E-state index is 11.7. The van der Waals surface area contributed by atoms with Crippen LogP contribution >= 0.6 is 35.9 Å². The van der Waals surface area contributed by atoms with Crippen molar-refractivity contribution in [1.29, 1.82) is 0 Å². The Kier molecular flexibility index (Phi) is 11.1. The number of amides is 1. The predicted molar refractivity (Wildman–Crippen MR) is 93.1 cm³/mol. The Morgan fingerprint density at radius 1 is 1.30 bits per heavy atom. The topological polar surface area (TPSA) is 55.1 Å². The largest absolute Gasteiger partial charge is 0.354 e. The smallest absolute Gasteiger partial charge is 0.236 e. The second-order valence-corrected chi connectivity index (χ2v) is 6.49. The standard InChI is InChI=1S/C14H22N2OS2.ClH/c1-11-3-5-12(6-4-11)19-10-8-16-14(17)13(15)7-9-18-2;/h3-6,13H,7-10,15H2,1-2H3,(H,16,17);1H. The van der Waals surface area contributed by atoms with Crippen LogP contribution in [0.1, 0.15) is 12.0 Å². The first kappa shape index (κ1) is 19.6. The van der Waals surface area contributed by atoms with Crippen LogP contribution in [0.4, 0.5) is 0 Å². The molecule has 6 heteroatoms. The van der Waals surface area contributed by atoms with Crippen molar-refractivity contribution in [3.63, 3.8) is 0 Å². The lowest BCUT2D eigenvalue weighted by Gasteiger charge is -2.11. The van der Waals surface area contributed by atoms with Gasteiger partial charge in [-0.3, -0.25) is 4.79 Å². The molecule has 20 heavy (non-hydrogen) atoms. The van der Waals surface area contributed by atoms with Crippen molar-refractivity contribution >= 4 is 41.8 Å². The fourth-order valence-corrected chi connectivity index (χ4v) is 2.74. The number of carbonyl (C=O) groups excluding carboxylic acids is 1. The molecule has 0 radical (unpaired) electrons. The van der Waals surface area contributed by atoms with Crippen LogP contribution in [0.3, 0.4) is 0 Å². The number of hydrogen-bond acceptors (Lipinski definition) is 4. The molecule has 0 saturated heterocycles. The number of halogens is 1. The summed E-state index contributed by atoms with van der Waals surface area (Å²) in [6.45, 7) is 2.73. The molecule has 1 aromatic carbocycles. The van der Waals surface area contributed by atoms with Gasteiger partial charge in [-0.05, 0) is 37.5 Å². The van der Waals surface area contributed by atoms with Gasteiger partial charge in [0.15, 0.2) is 0 Å². The van der Waals surface area contributed by atoms with Crippen molar-refractivity contribution in [3.8, 4) is 0 Å². The van der Waals surface area contributed by atoms with Crippen LogP contribution in [-0.4, -0.2) is 36.3 Å². The number of aryl methyl sites for hydroxylation is 1. The minimum Gasteiger partial charge on any atom is -0.354 e. The number of hydrogen-bond donors (Lipinski definition) is 2. The number of carbonyl (C=O) groups is 1. The van der Waals surface area contributed by atoms with Crippen LogP contribution in [0.2, 0.25) is 0 Å². The van der Waals surface area contributed by atoms with Gasteiger partial charge in [0.05, 0.1) is 6.04 Å². The van der Waals surface area contributed by atoms with Gasteiger partial charge in [-0.15, -0.1) is 24.2 Å². The van der Waals surface area contributed by atoms with Gasteiger partial charge in [0.2, 0.25) is 5.91 Å². The van der Waals surface area contributed by atoms with Gasteiger partial charge < -0.3 is 11.1 Å². The SMILES string of the molecule is CSCCC(N)C(=O)NCCSc1ccc(C)cc1.Cl. The molecule has 0 aliphatic heterocycles. The first-order valence-electron chi connectivity index (χ1n) is 6.35. The highest BCUT2D eigenvalue weighted by atomic mass is 35.5. The Balaban J connectivity index is 0.00000361.